The van der Waals surface area contributed by atoms with Gasteiger partial charge in [-0.05, 0) is 30.3 Å². The first-order chi connectivity index (χ1) is 10.7. The number of amides is 1. The summed E-state index contributed by atoms with van der Waals surface area (Å²) in [6.07, 6.45) is 0. The molecule has 5 heteroatoms. The van der Waals surface area contributed by atoms with Gasteiger partial charge in [-0.25, -0.2) is 0 Å². The number of hydrogen-bond donors (Lipinski definition) is 0. The second-order valence-electron chi connectivity index (χ2n) is 4.40. The van der Waals surface area contributed by atoms with E-state index in [4.69, 9.17) is 15.3 Å². The molecule has 1 amide bonds. The molecule has 0 aromatic heterocycles. The highest BCUT2D eigenvalue weighted by Crippen LogP contribution is 2.15. The van der Waals surface area contributed by atoms with E-state index < -0.39 is 0 Å². The lowest BCUT2D eigenvalue weighted by atomic mass is 10.2. The number of rotatable bonds is 5. The molecule has 0 aliphatic rings. The summed E-state index contributed by atoms with van der Waals surface area (Å²) in [6.45, 7) is -0.254. The minimum Gasteiger partial charge on any atom is -0.484 e. The first-order valence-electron chi connectivity index (χ1n) is 6.60. The molecular weight excluding hydrogens is 278 g/mol. The summed E-state index contributed by atoms with van der Waals surface area (Å²) in [5, 5.41) is 17.7. The number of carbonyl (C=O) groups excluding carboxylic acids is 1. The Morgan fingerprint density at radius 2 is 1.86 bits per heavy atom. The molecule has 0 atom stereocenters. The summed E-state index contributed by atoms with van der Waals surface area (Å²) in [4.78, 5) is 13.6. The molecule has 0 aliphatic heterocycles. The van der Waals surface area contributed by atoms with E-state index in [0.717, 1.165) is 0 Å². The number of benzene rings is 2. The molecule has 108 valence electrons. The molecule has 0 saturated carbocycles. The van der Waals surface area contributed by atoms with Crippen LogP contribution in [0.15, 0.2) is 54.6 Å². The fourth-order valence-corrected chi connectivity index (χ4v) is 1.88. The first-order valence-corrected chi connectivity index (χ1v) is 6.60. The normalized spacial score (nSPS) is 9.36. The quantitative estimate of drug-likeness (QED) is 0.793. The van der Waals surface area contributed by atoms with Crippen LogP contribution in [0.25, 0.3) is 0 Å². The van der Waals surface area contributed by atoms with Gasteiger partial charge in [-0.3, -0.25) is 9.69 Å². The highest BCUT2D eigenvalue weighted by Gasteiger charge is 2.15. The third kappa shape index (κ3) is 3.84. The van der Waals surface area contributed by atoms with E-state index in [1.54, 1.807) is 48.5 Å². The molecule has 0 heterocycles. The Morgan fingerprint density at radius 1 is 1.09 bits per heavy atom. The molecule has 0 aliphatic carbocycles. The average Bonchev–Trinajstić information content (AvgIpc) is 2.58. The lowest BCUT2D eigenvalue weighted by Gasteiger charge is -2.19. The summed E-state index contributed by atoms with van der Waals surface area (Å²) >= 11 is 0. The number of para-hydroxylation sites is 1. The van der Waals surface area contributed by atoms with Crippen molar-refractivity contribution in [3.05, 3.63) is 60.2 Å². The van der Waals surface area contributed by atoms with Gasteiger partial charge in [-0.1, -0.05) is 24.3 Å². The standard InChI is InChI=1S/C17H13N3O2/c18-9-10-20(15-6-2-1-3-7-15)17(21)13-22-16-8-4-5-14(11-16)12-19/h1-8,11H,10,13H2. The van der Waals surface area contributed by atoms with Crippen molar-refractivity contribution in [2.75, 3.05) is 18.1 Å². The largest absolute Gasteiger partial charge is 0.484 e. The van der Waals surface area contributed by atoms with Crippen molar-refractivity contribution in [1.29, 1.82) is 10.5 Å². The van der Waals surface area contributed by atoms with Crippen molar-refractivity contribution in [1.82, 2.24) is 0 Å². The average molecular weight is 291 g/mol. The Morgan fingerprint density at radius 3 is 2.55 bits per heavy atom. The number of nitrogens with zero attached hydrogens (tertiary/aromatic N) is 3. The van der Waals surface area contributed by atoms with E-state index >= 15 is 0 Å². The Kier molecular flexibility index (Phi) is 5.12. The fraction of sp³-hybridized carbons (Fsp3) is 0.118. The van der Waals surface area contributed by atoms with Crippen molar-refractivity contribution in [2.24, 2.45) is 0 Å². The number of nitriles is 2. The maximum Gasteiger partial charge on any atom is 0.265 e. The van der Waals surface area contributed by atoms with Gasteiger partial charge in [0.1, 0.15) is 12.3 Å². The molecule has 22 heavy (non-hydrogen) atoms. The van der Waals surface area contributed by atoms with E-state index in [1.165, 1.54) is 4.90 Å². The van der Waals surface area contributed by atoms with Crippen molar-refractivity contribution >= 4 is 11.6 Å². The summed E-state index contributed by atoms with van der Waals surface area (Å²) < 4.78 is 5.41. The van der Waals surface area contributed by atoms with Crippen molar-refractivity contribution < 1.29 is 9.53 Å². The summed E-state index contributed by atoms with van der Waals surface area (Å²) in [7, 11) is 0. The van der Waals surface area contributed by atoms with Crippen LogP contribution in [0.1, 0.15) is 5.56 Å². The molecule has 0 spiro atoms. The maximum absolute atomic E-state index is 12.2. The lowest BCUT2D eigenvalue weighted by molar-refractivity contribution is -0.120. The summed E-state index contributed by atoms with van der Waals surface area (Å²) in [6, 6.07) is 19.5. The number of ether oxygens (including phenoxy) is 1. The van der Waals surface area contributed by atoms with Crippen LogP contribution in [0.3, 0.4) is 0 Å². The van der Waals surface area contributed by atoms with Crippen LogP contribution in [0.4, 0.5) is 5.69 Å². The molecule has 2 aromatic carbocycles. The Labute approximate surface area is 128 Å². The molecule has 2 aromatic rings. The van der Waals surface area contributed by atoms with Crippen LogP contribution in [0.2, 0.25) is 0 Å². The zero-order chi connectivity index (χ0) is 15.8. The predicted molar refractivity (Wildman–Crippen MR) is 81.1 cm³/mol. The van der Waals surface area contributed by atoms with Crippen LogP contribution >= 0.6 is 0 Å². The van der Waals surface area contributed by atoms with Gasteiger partial charge in [-0.15, -0.1) is 0 Å². The van der Waals surface area contributed by atoms with Gasteiger partial charge in [-0.2, -0.15) is 10.5 Å². The summed E-state index contributed by atoms with van der Waals surface area (Å²) in [5.41, 5.74) is 1.10. The highest BCUT2D eigenvalue weighted by molar-refractivity contribution is 5.94. The van der Waals surface area contributed by atoms with E-state index in [1.807, 2.05) is 18.2 Å². The van der Waals surface area contributed by atoms with Crippen LogP contribution < -0.4 is 9.64 Å². The topological polar surface area (TPSA) is 77.1 Å². The van der Waals surface area contributed by atoms with Gasteiger partial charge in [0, 0.05) is 5.69 Å². The smallest absolute Gasteiger partial charge is 0.265 e. The van der Waals surface area contributed by atoms with Crippen molar-refractivity contribution in [3.8, 4) is 17.9 Å². The molecule has 0 bridgehead atoms. The minimum atomic E-state index is -0.324. The molecule has 0 radical (unpaired) electrons. The van der Waals surface area contributed by atoms with E-state index in [-0.39, 0.29) is 19.1 Å². The Balaban J connectivity index is 2.06. The van der Waals surface area contributed by atoms with Crippen molar-refractivity contribution in [2.45, 2.75) is 0 Å². The van der Waals surface area contributed by atoms with Gasteiger partial charge in [0.15, 0.2) is 6.61 Å². The number of hydrogen-bond acceptors (Lipinski definition) is 4. The number of anilines is 1. The molecule has 0 fully saturated rings. The fourth-order valence-electron chi connectivity index (χ4n) is 1.88. The molecule has 0 unspecified atom stereocenters. The minimum absolute atomic E-state index is 0.0511. The van der Waals surface area contributed by atoms with Gasteiger partial charge >= 0.3 is 0 Å². The zero-order valence-electron chi connectivity index (χ0n) is 11.8. The van der Waals surface area contributed by atoms with E-state index in [9.17, 15) is 4.79 Å². The zero-order valence-corrected chi connectivity index (χ0v) is 11.8. The Hall–Kier alpha value is -3.31. The monoisotopic (exact) mass is 291 g/mol. The lowest BCUT2D eigenvalue weighted by Crippen LogP contribution is -2.35. The molecule has 5 nitrogen and oxygen atoms in total. The molecule has 2 rings (SSSR count). The third-order valence-corrected chi connectivity index (χ3v) is 2.92. The molecular formula is C17H13N3O2. The van der Waals surface area contributed by atoms with Crippen molar-refractivity contribution in [3.63, 3.8) is 0 Å². The Bertz CT molecular complexity index is 730. The van der Waals surface area contributed by atoms with Crippen LogP contribution in [0.5, 0.6) is 5.75 Å². The number of carbonyl (C=O) groups is 1. The second-order valence-corrected chi connectivity index (χ2v) is 4.40. The second kappa shape index (κ2) is 7.47. The maximum atomic E-state index is 12.2. The summed E-state index contributed by atoms with van der Waals surface area (Å²) in [5.74, 6) is 0.118. The predicted octanol–water partition coefficient (Wildman–Crippen LogP) is 2.49. The van der Waals surface area contributed by atoms with Crippen LogP contribution in [-0.2, 0) is 4.79 Å². The van der Waals surface area contributed by atoms with Gasteiger partial charge < -0.3 is 4.74 Å². The van der Waals surface area contributed by atoms with Crippen LogP contribution in [-0.4, -0.2) is 19.1 Å². The van der Waals surface area contributed by atoms with Gasteiger partial charge in [0.2, 0.25) is 0 Å². The van der Waals surface area contributed by atoms with E-state index in [2.05, 4.69) is 0 Å². The van der Waals surface area contributed by atoms with Gasteiger partial charge in [0.25, 0.3) is 5.91 Å². The van der Waals surface area contributed by atoms with E-state index in [0.29, 0.717) is 17.0 Å². The SMILES string of the molecule is N#CCN(C(=O)COc1cccc(C#N)c1)c1ccccc1. The highest BCUT2D eigenvalue weighted by atomic mass is 16.5. The third-order valence-electron chi connectivity index (χ3n) is 2.92. The van der Waals surface area contributed by atoms with Crippen LogP contribution in [0, 0.1) is 22.7 Å². The molecule has 0 saturated heterocycles. The molecule has 0 N–H and O–H groups in total. The van der Waals surface area contributed by atoms with Gasteiger partial charge in [0.05, 0.1) is 17.7 Å². The first kappa shape index (κ1) is 15.1.